The van der Waals surface area contributed by atoms with Gasteiger partial charge in [0.25, 0.3) is 0 Å². The van der Waals surface area contributed by atoms with Crippen LogP contribution in [0.1, 0.15) is 4.88 Å². The zero-order valence-electron chi connectivity index (χ0n) is 9.82. The van der Waals surface area contributed by atoms with Gasteiger partial charge in [0.15, 0.2) is 5.13 Å². The topological polar surface area (TPSA) is 24.9 Å². The summed E-state index contributed by atoms with van der Waals surface area (Å²) in [6.45, 7) is 0.889. The van der Waals surface area contributed by atoms with Crippen LogP contribution in [0.25, 0.3) is 10.2 Å². The Balaban J connectivity index is 1.65. The number of thiazole rings is 1. The van der Waals surface area contributed by atoms with Crippen LogP contribution >= 0.6 is 50.2 Å². The summed E-state index contributed by atoms with van der Waals surface area (Å²) in [5.74, 6) is 0. The van der Waals surface area contributed by atoms with Crippen LogP contribution in [0.5, 0.6) is 0 Å². The molecule has 3 aromatic rings. The summed E-state index contributed by atoms with van der Waals surface area (Å²) < 4.78 is 2.30. The molecule has 0 aliphatic heterocycles. The Morgan fingerprint density at radius 1 is 1.21 bits per heavy atom. The van der Waals surface area contributed by atoms with E-state index >= 15 is 0 Å². The number of rotatable bonds is 4. The largest absolute Gasteiger partial charge is 0.361 e. The molecule has 0 amide bonds. The minimum Gasteiger partial charge on any atom is -0.361 e. The second-order valence-electron chi connectivity index (χ2n) is 4.01. The van der Waals surface area contributed by atoms with Crippen molar-refractivity contribution in [3.05, 3.63) is 44.0 Å². The molecule has 0 aliphatic rings. The second-order valence-corrected chi connectivity index (χ2v) is 8.03. The number of nitrogens with one attached hydrogen (secondary N) is 1. The highest BCUT2D eigenvalue weighted by molar-refractivity contribution is 9.11. The van der Waals surface area contributed by atoms with Crippen molar-refractivity contribution in [2.75, 3.05) is 11.9 Å². The number of anilines is 1. The monoisotopic (exact) mass is 372 g/mol. The SMILES string of the molecule is Clc1ccc2nc(NCCc3ccc(Br)s3)sc2c1. The molecular weight excluding hydrogens is 364 g/mol. The first-order valence-corrected chi connectivity index (χ1v) is 8.55. The third kappa shape index (κ3) is 3.28. The molecule has 0 saturated heterocycles. The highest BCUT2D eigenvalue weighted by Gasteiger charge is 2.04. The first kappa shape index (κ1) is 13.4. The van der Waals surface area contributed by atoms with E-state index in [4.69, 9.17) is 11.6 Å². The summed E-state index contributed by atoms with van der Waals surface area (Å²) >= 11 is 12.9. The molecular formula is C13H10BrClN2S2. The summed E-state index contributed by atoms with van der Waals surface area (Å²) in [7, 11) is 0. The summed E-state index contributed by atoms with van der Waals surface area (Å²) in [6, 6.07) is 10.0. The van der Waals surface area contributed by atoms with E-state index in [-0.39, 0.29) is 0 Å². The predicted molar refractivity (Wildman–Crippen MR) is 88.8 cm³/mol. The van der Waals surface area contributed by atoms with E-state index in [1.807, 2.05) is 18.2 Å². The molecule has 1 aromatic carbocycles. The number of hydrogen-bond donors (Lipinski definition) is 1. The fourth-order valence-electron chi connectivity index (χ4n) is 1.75. The fraction of sp³-hybridized carbons (Fsp3) is 0.154. The van der Waals surface area contributed by atoms with Crippen molar-refractivity contribution < 1.29 is 0 Å². The first-order valence-electron chi connectivity index (χ1n) is 5.75. The van der Waals surface area contributed by atoms with E-state index in [1.165, 1.54) is 8.66 Å². The van der Waals surface area contributed by atoms with Gasteiger partial charge in [-0.05, 0) is 52.7 Å². The zero-order valence-corrected chi connectivity index (χ0v) is 13.8. The number of aromatic nitrogens is 1. The lowest BCUT2D eigenvalue weighted by Gasteiger charge is -1.99. The van der Waals surface area contributed by atoms with Crippen molar-refractivity contribution in [1.82, 2.24) is 4.98 Å². The van der Waals surface area contributed by atoms with Crippen molar-refractivity contribution in [2.24, 2.45) is 0 Å². The van der Waals surface area contributed by atoms with E-state index < -0.39 is 0 Å². The summed E-state index contributed by atoms with van der Waals surface area (Å²) in [5.41, 5.74) is 0.996. The highest BCUT2D eigenvalue weighted by Crippen LogP contribution is 2.28. The molecule has 0 saturated carbocycles. The van der Waals surface area contributed by atoms with E-state index in [9.17, 15) is 0 Å². The van der Waals surface area contributed by atoms with Crippen LogP contribution in [0.2, 0.25) is 5.02 Å². The molecule has 2 heterocycles. The fourth-order valence-corrected chi connectivity index (χ4v) is 4.40. The predicted octanol–water partition coefficient (Wildman–Crippen LogP) is 5.43. The van der Waals surface area contributed by atoms with Gasteiger partial charge in [-0.2, -0.15) is 0 Å². The van der Waals surface area contributed by atoms with E-state index in [0.717, 1.165) is 33.3 Å². The van der Waals surface area contributed by atoms with Gasteiger partial charge in [0.05, 0.1) is 14.0 Å². The summed E-state index contributed by atoms with van der Waals surface area (Å²) in [4.78, 5) is 5.90. The molecule has 3 rings (SSSR count). The third-order valence-corrected chi connectivity index (χ3v) is 5.52. The molecule has 2 aromatic heterocycles. The molecule has 2 nitrogen and oxygen atoms in total. The van der Waals surface area contributed by atoms with Crippen LogP contribution in [0, 0.1) is 0 Å². The number of hydrogen-bond acceptors (Lipinski definition) is 4. The Bertz CT molecular complexity index is 708. The number of nitrogens with zero attached hydrogens (tertiary/aromatic N) is 1. The number of halogens is 2. The van der Waals surface area contributed by atoms with Gasteiger partial charge in [0.1, 0.15) is 0 Å². The maximum atomic E-state index is 5.97. The van der Waals surface area contributed by atoms with Crippen molar-refractivity contribution in [2.45, 2.75) is 6.42 Å². The number of thiophene rings is 1. The Kier molecular flexibility index (Phi) is 4.07. The minimum atomic E-state index is 0.756. The highest BCUT2D eigenvalue weighted by atomic mass is 79.9. The zero-order chi connectivity index (χ0) is 13.2. The Hall–Kier alpha value is -0.620. The quantitative estimate of drug-likeness (QED) is 0.659. The molecule has 1 N–H and O–H groups in total. The maximum absolute atomic E-state index is 5.97. The smallest absolute Gasteiger partial charge is 0.183 e. The molecule has 0 radical (unpaired) electrons. The number of fused-ring (bicyclic) bond motifs is 1. The van der Waals surface area contributed by atoms with E-state index in [1.54, 1.807) is 22.7 Å². The van der Waals surface area contributed by atoms with Crippen molar-refractivity contribution in [1.29, 1.82) is 0 Å². The standard InChI is InChI=1S/C13H10BrClN2S2/c14-12-4-2-9(18-12)5-6-16-13-17-10-3-1-8(15)7-11(10)19-13/h1-4,7H,5-6H2,(H,16,17). The van der Waals surface area contributed by atoms with Gasteiger partial charge in [-0.3, -0.25) is 0 Å². The molecule has 6 heteroatoms. The molecule has 0 bridgehead atoms. The Morgan fingerprint density at radius 3 is 2.89 bits per heavy atom. The second kappa shape index (κ2) is 5.79. The molecule has 0 fully saturated rings. The lowest BCUT2D eigenvalue weighted by atomic mass is 10.3. The van der Waals surface area contributed by atoms with Crippen molar-refractivity contribution in [3.63, 3.8) is 0 Å². The van der Waals surface area contributed by atoms with Crippen LogP contribution in [0.4, 0.5) is 5.13 Å². The molecule has 0 unspecified atom stereocenters. The van der Waals surface area contributed by atoms with E-state index in [2.05, 4.69) is 38.4 Å². The van der Waals surface area contributed by atoms with Gasteiger partial charge in [-0.1, -0.05) is 22.9 Å². The van der Waals surface area contributed by atoms with Crippen molar-refractivity contribution >= 4 is 65.6 Å². The Labute approximate surface area is 132 Å². The van der Waals surface area contributed by atoms with Crippen LogP contribution in [0.15, 0.2) is 34.1 Å². The van der Waals surface area contributed by atoms with Crippen LogP contribution in [-0.4, -0.2) is 11.5 Å². The molecule has 98 valence electrons. The average Bonchev–Trinajstić information content (AvgIpc) is 2.95. The molecule has 0 atom stereocenters. The third-order valence-electron chi connectivity index (χ3n) is 2.63. The minimum absolute atomic E-state index is 0.756. The average molecular weight is 374 g/mol. The molecule has 0 spiro atoms. The van der Waals surface area contributed by atoms with E-state index in [0.29, 0.717) is 0 Å². The molecule has 19 heavy (non-hydrogen) atoms. The summed E-state index contributed by atoms with van der Waals surface area (Å²) in [5, 5.41) is 5.07. The number of benzene rings is 1. The summed E-state index contributed by atoms with van der Waals surface area (Å²) in [6.07, 6.45) is 1.01. The van der Waals surface area contributed by atoms with Gasteiger partial charge in [-0.25, -0.2) is 4.98 Å². The van der Waals surface area contributed by atoms with Crippen LogP contribution in [0.3, 0.4) is 0 Å². The van der Waals surface area contributed by atoms with Gasteiger partial charge in [-0.15, -0.1) is 11.3 Å². The lowest BCUT2D eigenvalue weighted by molar-refractivity contribution is 1.04. The van der Waals surface area contributed by atoms with Gasteiger partial charge < -0.3 is 5.32 Å². The molecule has 0 aliphatic carbocycles. The van der Waals surface area contributed by atoms with Crippen LogP contribution < -0.4 is 5.32 Å². The van der Waals surface area contributed by atoms with Gasteiger partial charge >= 0.3 is 0 Å². The van der Waals surface area contributed by atoms with Gasteiger partial charge in [0, 0.05) is 16.4 Å². The Morgan fingerprint density at radius 2 is 2.11 bits per heavy atom. The lowest BCUT2D eigenvalue weighted by Crippen LogP contribution is -2.03. The first-order chi connectivity index (χ1) is 9.20. The van der Waals surface area contributed by atoms with Crippen molar-refractivity contribution in [3.8, 4) is 0 Å². The maximum Gasteiger partial charge on any atom is 0.183 e. The van der Waals surface area contributed by atoms with Gasteiger partial charge in [0.2, 0.25) is 0 Å². The normalized spacial score (nSPS) is 11.1. The van der Waals surface area contributed by atoms with Crippen LogP contribution in [-0.2, 0) is 6.42 Å².